The quantitative estimate of drug-likeness (QED) is 0.331. The Balaban J connectivity index is 1.43. The Kier molecular flexibility index (Phi) is 5.92. The lowest BCUT2D eigenvalue weighted by molar-refractivity contribution is 0.496. The number of aromatic nitrogens is 5. The zero-order valence-corrected chi connectivity index (χ0v) is 23.0. The molecular weight excluding hydrogens is 571 g/mol. The molecule has 2 aliphatic rings. The van der Waals surface area contributed by atoms with E-state index in [1.54, 1.807) is 0 Å². The molecule has 40 heavy (non-hydrogen) atoms. The Labute approximate surface area is 228 Å². The van der Waals surface area contributed by atoms with Gasteiger partial charge in [-0.1, -0.05) is 0 Å². The Bertz CT molecular complexity index is 1850. The summed E-state index contributed by atoms with van der Waals surface area (Å²) in [7, 11) is -8.41. The molecule has 0 N–H and O–H groups in total. The number of anilines is 2. The van der Waals surface area contributed by atoms with E-state index in [-0.39, 0.29) is 23.3 Å². The Morgan fingerprint density at radius 1 is 0.975 bits per heavy atom. The summed E-state index contributed by atoms with van der Waals surface area (Å²) in [5.41, 5.74) is -0.853. The predicted octanol–water partition coefficient (Wildman–Crippen LogP) is 2.73. The summed E-state index contributed by atoms with van der Waals surface area (Å²) in [4.78, 5) is 11.4. The van der Waals surface area contributed by atoms with Crippen LogP contribution >= 0.6 is 0 Å². The fourth-order valence-corrected chi connectivity index (χ4v) is 7.34. The maximum absolute atomic E-state index is 15.3. The highest BCUT2D eigenvalue weighted by molar-refractivity contribution is 7.91. The first kappa shape index (κ1) is 26.6. The first-order chi connectivity index (χ1) is 18.8. The first-order valence-corrected chi connectivity index (χ1v) is 15.3. The van der Waals surface area contributed by atoms with Gasteiger partial charge in [-0.25, -0.2) is 31.6 Å². The number of nitrogens with zero attached hydrogens (tertiary/aromatic N) is 7. The molecule has 1 aliphatic carbocycles. The number of benzene rings is 1. The third-order valence-electron chi connectivity index (χ3n) is 7.33. The van der Waals surface area contributed by atoms with Crippen molar-refractivity contribution in [2.24, 2.45) is 0 Å². The molecule has 212 valence electrons. The second-order valence-electron chi connectivity index (χ2n) is 10.2. The van der Waals surface area contributed by atoms with E-state index in [1.807, 2.05) is 9.80 Å². The minimum absolute atomic E-state index is 0.0301. The molecule has 4 aromatic rings. The molecule has 1 aromatic carbocycles. The van der Waals surface area contributed by atoms with Crippen LogP contribution in [0.5, 0.6) is 0 Å². The van der Waals surface area contributed by atoms with Crippen molar-refractivity contribution >= 4 is 42.7 Å². The van der Waals surface area contributed by atoms with Crippen LogP contribution in [0.2, 0.25) is 0 Å². The molecule has 11 nitrogen and oxygen atoms in total. The van der Waals surface area contributed by atoms with Gasteiger partial charge in [0.2, 0.25) is 16.0 Å². The van der Waals surface area contributed by atoms with Gasteiger partial charge < -0.3 is 9.80 Å². The van der Waals surface area contributed by atoms with E-state index in [0.717, 1.165) is 40.9 Å². The van der Waals surface area contributed by atoms with E-state index >= 15 is 4.39 Å². The third kappa shape index (κ3) is 4.11. The number of halogens is 3. The Morgan fingerprint density at radius 3 is 2.33 bits per heavy atom. The van der Waals surface area contributed by atoms with E-state index in [9.17, 15) is 25.6 Å². The van der Waals surface area contributed by atoms with Crippen LogP contribution in [-0.4, -0.2) is 70.4 Å². The molecule has 16 heteroatoms. The van der Waals surface area contributed by atoms with Crippen LogP contribution in [0.15, 0.2) is 47.9 Å². The highest BCUT2D eigenvalue weighted by Crippen LogP contribution is 2.48. The zero-order chi connectivity index (χ0) is 28.6. The van der Waals surface area contributed by atoms with Crippen LogP contribution in [0.1, 0.15) is 26.7 Å². The minimum Gasteiger partial charge on any atom is -0.345 e. The SMILES string of the molecule is CC(C)S(=O)(=O)n1ccc(S(=O)(=O)n2nc(N3CCN(c4ncc(F)cn4)CC34CC4)c3c(F)cc(F)cc32)c1. The van der Waals surface area contributed by atoms with Crippen molar-refractivity contribution in [3.05, 3.63) is 60.4 Å². The second-order valence-corrected chi connectivity index (χ2v) is 14.4. The fraction of sp³-hybridized carbons (Fsp3) is 0.375. The molecule has 0 radical (unpaired) electrons. The van der Waals surface area contributed by atoms with Gasteiger partial charge in [-0.05, 0) is 32.8 Å². The topological polar surface area (TPSA) is 123 Å². The molecular formula is C24H24F3N7O4S2. The Morgan fingerprint density at radius 2 is 1.68 bits per heavy atom. The summed E-state index contributed by atoms with van der Waals surface area (Å²) in [6.07, 6.45) is 5.55. The van der Waals surface area contributed by atoms with Gasteiger partial charge in [0.25, 0.3) is 10.0 Å². The number of hydrogen-bond acceptors (Lipinski definition) is 9. The van der Waals surface area contributed by atoms with Crippen molar-refractivity contribution in [1.29, 1.82) is 0 Å². The summed E-state index contributed by atoms with van der Waals surface area (Å²) in [5, 5.41) is 3.32. The van der Waals surface area contributed by atoms with Gasteiger partial charge in [0.15, 0.2) is 11.6 Å². The molecule has 0 amide bonds. The molecule has 1 aliphatic heterocycles. The molecule has 1 saturated carbocycles. The molecule has 0 unspecified atom stereocenters. The number of hydrogen-bond donors (Lipinski definition) is 0. The smallest absolute Gasteiger partial charge is 0.285 e. The van der Waals surface area contributed by atoms with E-state index in [1.165, 1.54) is 13.8 Å². The molecule has 1 saturated heterocycles. The van der Waals surface area contributed by atoms with Crippen LogP contribution < -0.4 is 9.80 Å². The summed E-state index contributed by atoms with van der Waals surface area (Å²) in [6, 6.07) is 2.65. The van der Waals surface area contributed by atoms with Gasteiger partial charge in [0, 0.05) is 44.2 Å². The van der Waals surface area contributed by atoms with Gasteiger partial charge in [-0.15, -0.1) is 5.10 Å². The monoisotopic (exact) mass is 595 g/mol. The summed E-state index contributed by atoms with van der Waals surface area (Å²) in [5.74, 6) is -2.18. The van der Waals surface area contributed by atoms with E-state index < -0.39 is 53.2 Å². The van der Waals surface area contributed by atoms with Crippen molar-refractivity contribution in [3.63, 3.8) is 0 Å². The van der Waals surface area contributed by atoms with Gasteiger partial charge in [-0.3, -0.25) is 3.97 Å². The predicted molar refractivity (Wildman–Crippen MR) is 140 cm³/mol. The first-order valence-electron chi connectivity index (χ1n) is 12.4. The van der Waals surface area contributed by atoms with Crippen molar-refractivity contribution < 1.29 is 30.0 Å². The van der Waals surface area contributed by atoms with Crippen molar-refractivity contribution in [3.8, 4) is 0 Å². The van der Waals surface area contributed by atoms with Crippen LogP contribution in [0.4, 0.5) is 24.9 Å². The van der Waals surface area contributed by atoms with Crippen LogP contribution in [0.25, 0.3) is 10.9 Å². The van der Waals surface area contributed by atoms with Crippen molar-refractivity contribution in [2.45, 2.75) is 42.4 Å². The number of piperazine rings is 1. The standard InChI is InChI=1S/C24H24F3N7O4S2/c1-15(2)39(35,36)32-6-3-18(13-32)40(37,38)34-20-10-16(25)9-19(27)21(20)22(30-34)33-8-7-31(14-24(33)4-5-24)23-28-11-17(26)12-29-23/h3,6,9-13,15H,4-5,7-8,14H2,1-2H3. The van der Waals surface area contributed by atoms with Gasteiger partial charge in [-0.2, -0.15) is 12.5 Å². The third-order valence-corrected chi connectivity index (χ3v) is 10.9. The molecule has 6 rings (SSSR count). The lowest BCUT2D eigenvalue weighted by atomic mass is 10.1. The summed E-state index contributed by atoms with van der Waals surface area (Å²) < 4.78 is 96.9. The molecule has 2 fully saturated rings. The second kappa shape index (κ2) is 8.92. The minimum atomic E-state index is -4.56. The maximum atomic E-state index is 15.3. The average Bonchev–Trinajstić information content (AvgIpc) is 3.29. The molecule has 0 atom stereocenters. The molecule has 1 spiro atoms. The number of fused-ring (bicyclic) bond motifs is 1. The van der Waals surface area contributed by atoms with E-state index in [4.69, 9.17) is 0 Å². The lowest BCUT2D eigenvalue weighted by Crippen LogP contribution is -2.56. The van der Waals surface area contributed by atoms with E-state index in [2.05, 4.69) is 15.1 Å². The van der Waals surface area contributed by atoms with Crippen molar-refractivity contribution in [1.82, 2.24) is 23.1 Å². The van der Waals surface area contributed by atoms with Crippen LogP contribution in [0.3, 0.4) is 0 Å². The molecule has 4 heterocycles. The largest absolute Gasteiger partial charge is 0.345 e. The van der Waals surface area contributed by atoms with E-state index in [0.29, 0.717) is 42.0 Å². The van der Waals surface area contributed by atoms with Gasteiger partial charge in [0.05, 0.1) is 34.1 Å². The maximum Gasteiger partial charge on any atom is 0.285 e. The highest BCUT2D eigenvalue weighted by Gasteiger charge is 2.53. The summed E-state index contributed by atoms with van der Waals surface area (Å²) >= 11 is 0. The fourth-order valence-electron chi connectivity index (χ4n) is 5.03. The Hall–Kier alpha value is -3.66. The number of rotatable bonds is 6. The normalized spacial score (nSPS) is 17.4. The highest BCUT2D eigenvalue weighted by atomic mass is 32.2. The van der Waals surface area contributed by atoms with Crippen molar-refractivity contribution in [2.75, 3.05) is 29.4 Å². The molecule has 0 bridgehead atoms. The summed E-state index contributed by atoms with van der Waals surface area (Å²) in [6.45, 7) is 3.95. The average molecular weight is 596 g/mol. The zero-order valence-electron chi connectivity index (χ0n) is 21.4. The van der Waals surface area contributed by atoms with Crippen LogP contribution in [0, 0.1) is 17.5 Å². The van der Waals surface area contributed by atoms with Crippen LogP contribution in [-0.2, 0) is 20.0 Å². The van der Waals surface area contributed by atoms with Gasteiger partial charge >= 0.3 is 0 Å². The lowest BCUT2D eigenvalue weighted by Gasteiger charge is -2.42. The van der Waals surface area contributed by atoms with Gasteiger partial charge in [0.1, 0.15) is 16.5 Å². The molecule has 3 aromatic heterocycles.